The summed E-state index contributed by atoms with van der Waals surface area (Å²) in [6, 6.07) is 0. The Bertz CT molecular complexity index is 131. The first-order valence-corrected chi connectivity index (χ1v) is 3.02. The standard InChI is InChI=1S/C8H12/c1-6(2)4-8-5-7(8)3/h8H,1,3-5H2,2H3. The molecule has 1 aliphatic rings. The first kappa shape index (κ1) is 5.61. The van der Waals surface area contributed by atoms with E-state index in [0.29, 0.717) is 0 Å². The number of allylic oxidation sites excluding steroid dienone is 2. The lowest BCUT2D eigenvalue weighted by Crippen LogP contribution is -1.74. The maximum absolute atomic E-state index is 3.86. The third-order valence-electron chi connectivity index (χ3n) is 1.52. The van der Waals surface area contributed by atoms with E-state index in [2.05, 4.69) is 20.1 Å². The van der Waals surface area contributed by atoms with Crippen LogP contribution >= 0.6 is 0 Å². The average Bonchev–Trinajstić information content (AvgIpc) is 2.17. The first-order valence-electron chi connectivity index (χ1n) is 3.02. The van der Waals surface area contributed by atoms with Gasteiger partial charge >= 0.3 is 0 Å². The van der Waals surface area contributed by atoms with Crippen LogP contribution in [0.1, 0.15) is 19.8 Å². The minimum absolute atomic E-state index is 0.799. The number of hydrogen-bond donors (Lipinski definition) is 0. The summed E-state index contributed by atoms with van der Waals surface area (Å²) in [5.74, 6) is 0.799. The predicted octanol–water partition coefficient (Wildman–Crippen LogP) is 2.53. The highest BCUT2D eigenvalue weighted by Crippen LogP contribution is 2.40. The molecule has 1 rings (SSSR count). The van der Waals surface area contributed by atoms with E-state index in [-0.39, 0.29) is 0 Å². The van der Waals surface area contributed by atoms with E-state index < -0.39 is 0 Å². The van der Waals surface area contributed by atoms with Crippen LogP contribution in [-0.4, -0.2) is 0 Å². The molecule has 1 aliphatic carbocycles. The van der Waals surface area contributed by atoms with Gasteiger partial charge in [-0.3, -0.25) is 0 Å². The fourth-order valence-corrected chi connectivity index (χ4v) is 0.895. The van der Waals surface area contributed by atoms with Crippen molar-refractivity contribution in [3.05, 3.63) is 24.3 Å². The molecular formula is C8H12. The normalized spacial score (nSPS) is 25.6. The molecule has 0 spiro atoms. The van der Waals surface area contributed by atoms with Crippen LogP contribution in [-0.2, 0) is 0 Å². The molecule has 0 nitrogen and oxygen atoms in total. The topological polar surface area (TPSA) is 0 Å². The zero-order valence-corrected chi connectivity index (χ0v) is 5.41. The maximum atomic E-state index is 3.86. The molecule has 0 radical (unpaired) electrons. The van der Waals surface area contributed by atoms with Crippen molar-refractivity contribution in [3.63, 3.8) is 0 Å². The molecule has 0 aromatic carbocycles. The molecule has 0 aromatic rings. The Kier molecular flexibility index (Phi) is 1.24. The Hall–Kier alpha value is -0.520. The van der Waals surface area contributed by atoms with Gasteiger partial charge in [0.15, 0.2) is 0 Å². The van der Waals surface area contributed by atoms with Crippen molar-refractivity contribution in [1.29, 1.82) is 0 Å². The Morgan fingerprint density at radius 2 is 2.38 bits per heavy atom. The largest absolute Gasteiger partial charge is 0.100 e. The van der Waals surface area contributed by atoms with E-state index in [0.717, 1.165) is 5.92 Å². The summed E-state index contributed by atoms with van der Waals surface area (Å²) in [7, 11) is 0. The summed E-state index contributed by atoms with van der Waals surface area (Å²) in [6.45, 7) is 9.76. The van der Waals surface area contributed by atoms with Crippen LogP contribution in [0.3, 0.4) is 0 Å². The second-order valence-corrected chi connectivity index (χ2v) is 2.72. The van der Waals surface area contributed by atoms with Crippen molar-refractivity contribution >= 4 is 0 Å². The molecule has 1 fully saturated rings. The maximum Gasteiger partial charge on any atom is -0.0131 e. The van der Waals surface area contributed by atoms with Gasteiger partial charge in [-0.25, -0.2) is 0 Å². The molecule has 8 heavy (non-hydrogen) atoms. The van der Waals surface area contributed by atoms with Crippen molar-refractivity contribution < 1.29 is 0 Å². The molecule has 1 atom stereocenters. The lowest BCUT2D eigenvalue weighted by molar-refractivity contribution is 0.851. The van der Waals surface area contributed by atoms with Crippen LogP contribution in [0.25, 0.3) is 0 Å². The molecule has 1 unspecified atom stereocenters. The van der Waals surface area contributed by atoms with E-state index >= 15 is 0 Å². The van der Waals surface area contributed by atoms with Crippen molar-refractivity contribution in [2.24, 2.45) is 5.92 Å². The van der Waals surface area contributed by atoms with E-state index in [1.54, 1.807) is 0 Å². The van der Waals surface area contributed by atoms with E-state index in [4.69, 9.17) is 0 Å². The summed E-state index contributed by atoms with van der Waals surface area (Å²) in [5, 5.41) is 0. The van der Waals surface area contributed by atoms with Crippen LogP contribution in [0.4, 0.5) is 0 Å². The zero-order valence-electron chi connectivity index (χ0n) is 5.41. The van der Waals surface area contributed by atoms with Gasteiger partial charge in [-0.05, 0) is 25.7 Å². The molecule has 0 amide bonds. The number of rotatable bonds is 2. The van der Waals surface area contributed by atoms with Gasteiger partial charge in [0.1, 0.15) is 0 Å². The van der Waals surface area contributed by atoms with Crippen molar-refractivity contribution in [3.8, 4) is 0 Å². The summed E-state index contributed by atoms with van der Waals surface area (Å²) in [4.78, 5) is 0. The van der Waals surface area contributed by atoms with Crippen LogP contribution in [0.15, 0.2) is 24.3 Å². The van der Waals surface area contributed by atoms with Crippen molar-refractivity contribution in [1.82, 2.24) is 0 Å². The molecule has 0 N–H and O–H groups in total. The van der Waals surface area contributed by atoms with Gasteiger partial charge in [-0.2, -0.15) is 0 Å². The van der Waals surface area contributed by atoms with E-state index in [1.165, 1.54) is 24.0 Å². The van der Waals surface area contributed by atoms with Crippen molar-refractivity contribution in [2.45, 2.75) is 19.8 Å². The fourth-order valence-electron chi connectivity index (χ4n) is 0.895. The Morgan fingerprint density at radius 3 is 2.50 bits per heavy atom. The molecule has 1 saturated carbocycles. The third kappa shape index (κ3) is 1.22. The molecule has 0 aromatic heterocycles. The second kappa shape index (κ2) is 1.77. The molecule has 0 heteroatoms. The highest BCUT2D eigenvalue weighted by molar-refractivity contribution is 5.21. The minimum atomic E-state index is 0.799. The predicted molar refractivity (Wildman–Crippen MR) is 36.7 cm³/mol. The highest BCUT2D eigenvalue weighted by Gasteiger charge is 2.26. The minimum Gasteiger partial charge on any atom is -0.100 e. The Labute approximate surface area is 50.9 Å². The quantitative estimate of drug-likeness (QED) is 0.477. The second-order valence-electron chi connectivity index (χ2n) is 2.72. The molecular weight excluding hydrogens is 96.1 g/mol. The monoisotopic (exact) mass is 108 g/mol. The molecule has 0 saturated heterocycles. The smallest absolute Gasteiger partial charge is 0.0131 e. The Balaban J connectivity index is 2.23. The average molecular weight is 108 g/mol. The third-order valence-corrected chi connectivity index (χ3v) is 1.52. The van der Waals surface area contributed by atoms with E-state index in [9.17, 15) is 0 Å². The molecule has 0 heterocycles. The van der Waals surface area contributed by atoms with Gasteiger partial charge in [-0.1, -0.05) is 17.7 Å². The highest BCUT2D eigenvalue weighted by atomic mass is 14.3. The van der Waals surface area contributed by atoms with Gasteiger partial charge in [0.25, 0.3) is 0 Å². The van der Waals surface area contributed by atoms with Crippen LogP contribution in [0, 0.1) is 5.92 Å². The van der Waals surface area contributed by atoms with Gasteiger partial charge in [0.05, 0.1) is 0 Å². The van der Waals surface area contributed by atoms with E-state index in [1.807, 2.05) is 0 Å². The molecule has 44 valence electrons. The Morgan fingerprint density at radius 1 is 1.88 bits per heavy atom. The summed E-state index contributed by atoms with van der Waals surface area (Å²) in [6.07, 6.45) is 2.41. The van der Waals surface area contributed by atoms with Gasteiger partial charge in [0, 0.05) is 0 Å². The molecule has 0 aliphatic heterocycles. The van der Waals surface area contributed by atoms with Gasteiger partial charge < -0.3 is 0 Å². The van der Waals surface area contributed by atoms with Crippen LogP contribution in [0.2, 0.25) is 0 Å². The van der Waals surface area contributed by atoms with Crippen LogP contribution in [0.5, 0.6) is 0 Å². The lowest BCUT2D eigenvalue weighted by Gasteiger charge is -1.90. The summed E-state index contributed by atoms with van der Waals surface area (Å²) >= 11 is 0. The number of hydrogen-bond acceptors (Lipinski definition) is 0. The SMILES string of the molecule is C=C(C)CC1CC1=C. The molecule has 0 bridgehead atoms. The zero-order chi connectivity index (χ0) is 6.15. The van der Waals surface area contributed by atoms with Gasteiger partial charge in [-0.15, -0.1) is 6.58 Å². The van der Waals surface area contributed by atoms with Gasteiger partial charge in [0.2, 0.25) is 0 Å². The summed E-state index contributed by atoms with van der Waals surface area (Å²) in [5.41, 5.74) is 2.70. The summed E-state index contributed by atoms with van der Waals surface area (Å²) < 4.78 is 0. The van der Waals surface area contributed by atoms with Crippen LogP contribution < -0.4 is 0 Å². The first-order chi connectivity index (χ1) is 3.70. The lowest BCUT2D eigenvalue weighted by atomic mass is 10.2. The fraction of sp³-hybridized carbons (Fsp3) is 0.500. The van der Waals surface area contributed by atoms with Crippen molar-refractivity contribution in [2.75, 3.05) is 0 Å².